The third-order valence-corrected chi connectivity index (χ3v) is 3.58. The van der Waals surface area contributed by atoms with E-state index in [-0.39, 0.29) is 17.8 Å². The van der Waals surface area contributed by atoms with Gasteiger partial charge < -0.3 is 4.57 Å². The summed E-state index contributed by atoms with van der Waals surface area (Å²) < 4.78 is 40.6. The number of aromatic nitrogens is 3. The van der Waals surface area contributed by atoms with E-state index in [0.717, 1.165) is 22.9 Å². The highest BCUT2D eigenvalue weighted by Gasteiger charge is 2.31. The molecule has 0 atom stereocenters. The lowest BCUT2D eigenvalue weighted by Gasteiger charge is -2.11. The number of aryl methyl sites for hydroxylation is 1. The standard InChI is InChI=1S/C16H12F3N3O2/c1-10-3-2-4-13-20-12(7-15(24)22(10)13)9-21-8-11(16(17,18)19)5-6-14(21)23/h2-8H,9H2,1H3. The molecule has 124 valence electrons. The van der Waals surface area contributed by atoms with Crippen molar-refractivity contribution in [3.05, 3.63) is 80.3 Å². The van der Waals surface area contributed by atoms with Crippen molar-refractivity contribution in [3.63, 3.8) is 0 Å². The van der Waals surface area contributed by atoms with Crippen molar-refractivity contribution in [3.8, 4) is 0 Å². The summed E-state index contributed by atoms with van der Waals surface area (Å²) in [7, 11) is 0. The SMILES string of the molecule is Cc1cccc2nc(Cn3cc(C(F)(F)F)ccc3=O)cc(=O)n12. The molecule has 0 bridgehead atoms. The van der Waals surface area contributed by atoms with Gasteiger partial charge in [0.1, 0.15) is 5.65 Å². The van der Waals surface area contributed by atoms with E-state index >= 15 is 0 Å². The predicted molar refractivity (Wildman–Crippen MR) is 81.0 cm³/mol. The second-order valence-corrected chi connectivity index (χ2v) is 5.33. The molecule has 0 aromatic carbocycles. The molecule has 0 amide bonds. The zero-order valence-electron chi connectivity index (χ0n) is 12.5. The predicted octanol–water partition coefficient (Wildman–Crippen LogP) is 2.23. The normalized spacial score (nSPS) is 11.8. The molecular formula is C16H12F3N3O2. The van der Waals surface area contributed by atoms with Crippen molar-refractivity contribution in [2.75, 3.05) is 0 Å². The Hall–Kier alpha value is -2.90. The van der Waals surface area contributed by atoms with Crippen LogP contribution in [0.3, 0.4) is 0 Å². The number of rotatable bonds is 2. The molecule has 0 fully saturated rings. The number of hydrogen-bond acceptors (Lipinski definition) is 3. The largest absolute Gasteiger partial charge is 0.417 e. The molecule has 0 radical (unpaired) electrons. The first-order chi connectivity index (χ1) is 11.3. The lowest BCUT2D eigenvalue weighted by atomic mass is 10.2. The molecule has 3 aromatic rings. The number of nitrogens with zero attached hydrogens (tertiary/aromatic N) is 3. The molecule has 0 aliphatic rings. The van der Waals surface area contributed by atoms with Gasteiger partial charge in [0.2, 0.25) is 0 Å². The minimum absolute atomic E-state index is 0.215. The van der Waals surface area contributed by atoms with Gasteiger partial charge in [-0.3, -0.25) is 14.0 Å². The summed E-state index contributed by atoms with van der Waals surface area (Å²) in [4.78, 5) is 28.2. The van der Waals surface area contributed by atoms with Gasteiger partial charge in [-0.1, -0.05) is 6.07 Å². The molecule has 0 N–H and O–H groups in total. The van der Waals surface area contributed by atoms with Crippen LogP contribution in [0.15, 0.2) is 52.2 Å². The van der Waals surface area contributed by atoms with Gasteiger partial charge in [-0.2, -0.15) is 13.2 Å². The fraction of sp³-hybridized carbons (Fsp3) is 0.188. The molecule has 0 aliphatic heterocycles. The number of alkyl halides is 3. The third-order valence-electron chi connectivity index (χ3n) is 3.58. The van der Waals surface area contributed by atoms with Gasteiger partial charge in [-0.25, -0.2) is 4.98 Å². The molecule has 5 nitrogen and oxygen atoms in total. The monoisotopic (exact) mass is 335 g/mol. The second-order valence-electron chi connectivity index (χ2n) is 5.33. The molecule has 8 heteroatoms. The quantitative estimate of drug-likeness (QED) is 0.722. The van der Waals surface area contributed by atoms with Crippen LogP contribution in [0.2, 0.25) is 0 Å². The number of pyridine rings is 2. The Kier molecular flexibility index (Phi) is 3.75. The third kappa shape index (κ3) is 2.94. The highest BCUT2D eigenvalue weighted by molar-refractivity contribution is 5.40. The van der Waals surface area contributed by atoms with Crippen LogP contribution in [0, 0.1) is 6.92 Å². The zero-order chi connectivity index (χ0) is 17.5. The van der Waals surface area contributed by atoms with Crippen LogP contribution in [-0.2, 0) is 12.7 Å². The van der Waals surface area contributed by atoms with Crippen LogP contribution in [0.1, 0.15) is 17.0 Å². The van der Waals surface area contributed by atoms with Crippen LogP contribution in [0.25, 0.3) is 5.65 Å². The fourth-order valence-electron chi connectivity index (χ4n) is 2.44. The first-order valence-corrected chi connectivity index (χ1v) is 7.02. The Morgan fingerprint density at radius 1 is 1.08 bits per heavy atom. The summed E-state index contributed by atoms with van der Waals surface area (Å²) in [6.45, 7) is 1.52. The Morgan fingerprint density at radius 3 is 2.54 bits per heavy atom. The van der Waals surface area contributed by atoms with Gasteiger partial charge in [0.15, 0.2) is 0 Å². The van der Waals surface area contributed by atoms with Gasteiger partial charge in [0.25, 0.3) is 11.1 Å². The lowest BCUT2D eigenvalue weighted by Crippen LogP contribution is -2.24. The maximum Gasteiger partial charge on any atom is 0.417 e. The van der Waals surface area contributed by atoms with Crippen molar-refractivity contribution in [2.45, 2.75) is 19.6 Å². The van der Waals surface area contributed by atoms with Crippen molar-refractivity contribution in [1.29, 1.82) is 0 Å². The highest BCUT2D eigenvalue weighted by Crippen LogP contribution is 2.28. The van der Waals surface area contributed by atoms with Crippen LogP contribution in [0.5, 0.6) is 0 Å². The van der Waals surface area contributed by atoms with E-state index in [2.05, 4.69) is 4.98 Å². The van der Waals surface area contributed by atoms with Crippen LogP contribution in [-0.4, -0.2) is 14.0 Å². The summed E-state index contributed by atoms with van der Waals surface area (Å²) in [5.74, 6) is 0. The first-order valence-electron chi connectivity index (χ1n) is 7.02. The van der Waals surface area contributed by atoms with Crippen molar-refractivity contribution in [2.24, 2.45) is 0 Å². The van der Waals surface area contributed by atoms with Crippen molar-refractivity contribution >= 4 is 5.65 Å². The molecule has 0 aliphatic carbocycles. The van der Waals surface area contributed by atoms with Gasteiger partial charge in [0.05, 0.1) is 17.8 Å². The molecule has 0 saturated heterocycles. The van der Waals surface area contributed by atoms with Gasteiger partial charge in [-0.15, -0.1) is 0 Å². The van der Waals surface area contributed by atoms with Crippen molar-refractivity contribution in [1.82, 2.24) is 14.0 Å². The van der Waals surface area contributed by atoms with E-state index in [1.807, 2.05) is 0 Å². The minimum Gasteiger partial charge on any atom is -0.309 e. The molecular weight excluding hydrogens is 323 g/mol. The Labute approximate surface area is 133 Å². The summed E-state index contributed by atoms with van der Waals surface area (Å²) >= 11 is 0. The van der Waals surface area contributed by atoms with Gasteiger partial charge in [-0.05, 0) is 25.1 Å². The molecule has 0 unspecified atom stereocenters. The average molecular weight is 335 g/mol. The number of hydrogen-bond donors (Lipinski definition) is 0. The van der Waals surface area contributed by atoms with E-state index in [1.54, 1.807) is 25.1 Å². The molecule has 3 heterocycles. The van der Waals surface area contributed by atoms with Crippen LogP contribution in [0.4, 0.5) is 13.2 Å². The van der Waals surface area contributed by atoms with E-state index in [0.29, 0.717) is 11.3 Å². The first kappa shape index (κ1) is 16.0. The molecule has 24 heavy (non-hydrogen) atoms. The molecule has 0 saturated carbocycles. The Balaban J connectivity index is 2.08. The van der Waals surface area contributed by atoms with Gasteiger partial charge >= 0.3 is 6.18 Å². The smallest absolute Gasteiger partial charge is 0.309 e. The van der Waals surface area contributed by atoms with Crippen LogP contribution < -0.4 is 11.1 Å². The summed E-state index contributed by atoms with van der Waals surface area (Å²) in [5.41, 5.74) is -0.616. The zero-order valence-corrected chi connectivity index (χ0v) is 12.5. The Morgan fingerprint density at radius 2 is 1.83 bits per heavy atom. The lowest BCUT2D eigenvalue weighted by molar-refractivity contribution is -0.138. The van der Waals surface area contributed by atoms with E-state index in [9.17, 15) is 22.8 Å². The minimum atomic E-state index is -4.55. The van der Waals surface area contributed by atoms with E-state index in [4.69, 9.17) is 0 Å². The fourth-order valence-corrected chi connectivity index (χ4v) is 2.44. The summed E-state index contributed by atoms with van der Waals surface area (Å²) in [6.07, 6.45) is -3.83. The maximum atomic E-state index is 12.8. The van der Waals surface area contributed by atoms with Gasteiger partial charge in [0, 0.05) is 24.0 Å². The highest BCUT2D eigenvalue weighted by atomic mass is 19.4. The molecule has 3 rings (SSSR count). The molecule has 3 aromatic heterocycles. The molecule has 0 spiro atoms. The topological polar surface area (TPSA) is 56.4 Å². The number of halogens is 3. The van der Waals surface area contributed by atoms with Crippen LogP contribution >= 0.6 is 0 Å². The Bertz CT molecular complexity index is 1040. The average Bonchev–Trinajstić information content (AvgIpc) is 2.48. The van der Waals surface area contributed by atoms with E-state index < -0.39 is 17.3 Å². The summed E-state index contributed by atoms with van der Waals surface area (Å²) in [5, 5.41) is 0. The maximum absolute atomic E-state index is 12.8. The number of fused-ring (bicyclic) bond motifs is 1. The summed E-state index contributed by atoms with van der Waals surface area (Å²) in [6, 6.07) is 7.87. The second kappa shape index (κ2) is 5.63. The van der Waals surface area contributed by atoms with E-state index in [1.165, 1.54) is 10.5 Å². The van der Waals surface area contributed by atoms with Crippen molar-refractivity contribution < 1.29 is 13.2 Å².